The van der Waals surface area contributed by atoms with Gasteiger partial charge in [-0.2, -0.15) is 0 Å². The Morgan fingerprint density at radius 1 is 1.00 bits per heavy atom. The summed E-state index contributed by atoms with van der Waals surface area (Å²) in [6.07, 6.45) is 1.92. The van der Waals surface area contributed by atoms with Crippen LogP contribution in [-0.4, -0.2) is 18.6 Å². The highest BCUT2D eigenvalue weighted by Gasteiger charge is 2.07. The summed E-state index contributed by atoms with van der Waals surface area (Å²) >= 11 is 0. The smallest absolute Gasteiger partial charge is 0.183 e. The molecule has 0 atom stereocenters. The lowest BCUT2D eigenvalue weighted by molar-refractivity contribution is 0.289. The largest absolute Gasteiger partial charge is 0.497 e. The van der Waals surface area contributed by atoms with Gasteiger partial charge in [-0.25, -0.2) is 4.39 Å². The third-order valence-corrected chi connectivity index (χ3v) is 4.16. The van der Waals surface area contributed by atoms with Gasteiger partial charge in [0.15, 0.2) is 11.6 Å². The maximum atomic E-state index is 14.0. The van der Waals surface area contributed by atoms with E-state index < -0.39 is 5.82 Å². The molecule has 2 aromatic carbocycles. The average Bonchev–Trinajstić information content (AvgIpc) is 2.72. The molecule has 0 unspecified atom stereocenters. The molecule has 3 aromatic rings. The summed E-state index contributed by atoms with van der Waals surface area (Å²) in [7, 11) is 1.62. The number of nitrogens with one attached hydrogen (secondary N) is 1. The van der Waals surface area contributed by atoms with Gasteiger partial charge in [-0.05, 0) is 23.3 Å². The molecular formula is C22H23FN2O2. The van der Waals surface area contributed by atoms with Crippen molar-refractivity contribution in [1.29, 1.82) is 0 Å². The standard InChI is InChI=1S/C22H23FN2O2/c1-26-20-9-7-18(8-10-20)16-27-22-13-19(25-15-21(22)23)11-12-24-14-17-5-3-2-4-6-17/h2-10,13,15,24H,11-12,14,16H2,1H3. The van der Waals surface area contributed by atoms with E-state index in [2.05, 4.69) is 22.4 Å². The second kappa shape index (κ2) is 9.69. The van der Waals surface area contributed by atoms with Gasteiger partial charge in [0.25, 0.3) is 0 Å². The summed E-state index contributed by atoms with van der Waals surface area (Å²) < 4.78 is 24.7. The molecule has 0 aliphatic carbocycles. The minimum atomic E-state index is -0.454. The van der Waals surface area contributed by atoms with Crippen molar-refractivity contribution in [2.45, 2.75) is 19.6 Å². The van der Waals surface area contributed by atoms with Crippen molar-refractivity contribution >= 4 is 0 Å². The highest BCUT2D eigenvalue weighted by atomic mass is 19.1. The predicted molar refractivity (Wildman–Crippen MR) is 103 cm³/mol. The van der Waals surface area contributed by atoms with E-state index in [1.807, 2.05) is 42.5 Å². The molecule has 140 valence electrons. The third-order valence-electron chi connectivity index (χ3n) is 4.16. The average molecular weight is 366 g/mol. The molecule has 0 saturated heterocycles. The Bertz CT molecular complexity index is 839. The lowest BCUT2D eigenvalue weighted by Gasteiger charge is -2.10. The van der Waals surface area contributed by atoms with Crippen molar-refractivity contribution < 1.29 is 13.9 Å². The fourth-order valence-corrected chi connectivity index (χ4v) is 2.64. The van der Waals surface area contributed by atoms with Crippen molar-refractivity contribution in [2.75, 3.05) is 13.7 Å². The van der Waals surface area contributed by atoms with E-state index in [4.69, 9.17) is 9.47 Å². The number of rotatable bonds is 9. The fourth-order valence-electron chi connectivity index (χ4n) is 2.64. The predicted octanol–water partition coefficient (Wildman–Crippen LogP) is 4.14. The third kappa shape index (κ3) is 5.79. The normalized spacial score (nSPS) is 10.6. The number of ether oxygens (including phenoxy) is 2. The van der Waals surface area contributed by atoms with Crippen LogP contribution in [0.4, 0.5) is 4.39 Å². The Hall–Kier alpha value is -2.92. The Morgan fingerprint density at radius 2 is 1.78 bits per heavy atom. The quantitative estimate of drug-likeness (QED) is 0.578. The first-order chi connectivity index (χ1) is 13.2. The molecular weight excluding hydrogens is 343 g/mol. The minimum absolute atomic E-state index is 0.221. The summed E-state index contributed by atoms with van der Waals surface area (Å²) in [4.78, 5) is 4.15. The molecule has 0 amide bonds. The molecule has 0 radical (unpaired) electrons. The van der Waals surface area contributed by atoms with E-state index in [1.54, 1.807) is 13.2 Å². The van der Waals surface area contributed by atoms with Gasteiger partial charge in [-0.1, -0.05) is 42.5 Å². The molecule has 0 bridgehead atoms. The lowest BCUT2D eigenvalue weighted by Crippen LogP contribution is -2.17. The molecule has 1 N–H and O–H groups in total. The van der Waals surface area contributed by atoms with Crippen LogP contribution >= 0.6 is 0 Å². The molecule has 1 aromatic heterocycles. The van der Waals surface area contributed by atoms with Crippen LogP contribution in [0.5, 0.6) is 11.5 Å². The number of halogens is 1. The van der Waals surface area contributed by atoms with Crippen LogP contribution in [0.15, 0.2) is 66.9 Å². The second-order valence-corrected chi connectivity index (χ2v) is 6.16. The highest BCUT2D eigenvalue weighted by Crippen LogP contribution is 2.19. The molecule has 1 heterocycles. The zero-order valence-electron chi connectivity index (χ0n) is 15.3. The zero-order valence-corrected chi connectivity index (χ0v) is 15.3. The molecule has 5 heteroatoms. The van der Waals surface area contributed by atoms with E-state index in [-0.39, 0.29) is 12.4 Å². The van der Waals surface area contributed by atoms with Crippen LogP contribution in [0.3, 0.4) is 0 Å². The topological polar surface area (TPSA) is 43.4 Å². The number of benzene rings is 2. The Labute approximate surface area is 159 Å². The molecule has 0 aliphatic heterocycles. The molecule has 3 rings (SSSR count). The summed E-state index contributed by atoms with van der Waals surface area (Å²) in [6, 6.07) is 19.4. The van der Waals surface area contributed by atoms with Gasteiger partial charge in [-0.15, -0.1) is 0 Å². The van der Waals surface area contributed by atoms with Gasteiger partial charge in [0, 0.05) is 31.3 Å². The molecule has 4 nitrogen and oxygen atoms in total. The van der Waals surface area contributed by atoms with Crippen LogP contribution in [-0.2, 0) is 19.6 Å². The first kappa shape index (κ1) is 18.9. The summed E-state index contributed by atoms with van der Waals surface area (Å²) in [5.74, 6) is 0.544. The van der Waals surface area contributed by atoms with E-state index >= 15 is 0 Å². The Balaban J connectivity index is 1.50. The van der Waals surface area contributed by atoms with Crippen molar-refractivity contribution in [2.24, 2.45) is 0 Å². The van der Waals surface area contributed by atoms with E-state index in [0.29, 0.717) is 6.42 Å². The van der Waals surface area contributed by atoms with E-state index in [0.717, 1.165) is 30.1 Å². The minimum Gasteiger partial charge on any atom is -0.497 e. The highest BCUT2D eigenvalue weighted by molar-refractivity contribution is 5.29. The van der Waals surface area contributed by atoms with Crippen molar-refractivity contribution in [3.63, 3.8) is 0 Å². The number of pyridine rings is 1. The van der Waals surface area contributed by atoms with Gasteiger partial charge >= 0.3 is 0 Å². The Morgan fingerprint density at radius 3 is 2.52 bits per heavy atom. The number of aromatic nitrogens is 1. The Kier molecular flexibility index (Phi) is 6.77. The fraction of sp³-hybridized carbons (Fsp3) is 0.227. The van der Waals surface area contributed by atoms with Crippen LogP contribution in [0.2, 0.25) is 0 Å². The van der Waals surface area contributed by atoms with Crippen LogP contribution in [0.1, 0.15) is 16.8 Å². The molecule has 0 aliphatic rings. The molecule has 0 saturated carbocycles. The van der Waals surface area contributed by atoms with Crippen molar-refractivity contribution in [1.82, 2.24) is 10.3 Å². The maximum absolute atomic E-state index is 14.0. The summed E-state index contributed by atoms with van der Waals surface area (Å²) in [5, 5.41) is 3.37. The SMILES string of the molecule is COc1ccc(COc2cc(CCNCc3ccccc3)ncc2F)cc1. The van der Waals surface area contributed by atoms with Crippen molar-refractivity contribution in [3.05, 3.63) is 89.5 Å². The number of methoxy groups -OCH3 is 1. The zero-order chi connectivity index (χ0) is 18.9. The van der Waals surface area contributed by atoms with Crippen LogP contribution < -0.4 is 14.8 Å². The summed E-state index contributed by atoms with van der Waals surface area (Å²) in [5.41, 5.74) is 2.97. The maximum Gasteiger partial charge on any atom is 0.183 e. The molecule has 0 spiro atoms. The van der Waals surface area contributed by atoms with Crippen molar-refractivity contribution in [3.8, 4) is 11.5 Å². The number of hydrogen-bond donors (Lipinski definition) is 1. The van der Waals surface area contributed by atoms with Gasteiger partial charge in [-0.3, -0.25) is 4.98 Å². The van der Waals surface area contributed by atoms with E-state index in [9.17, 15) is 4.39 Å². The monoisotopic (exact) mass is 366 g/mol. The number of hydrogen-bond acceptors (Lipinski definition) is 4. The van der Waals surface area contributed by atoms with Gasteiger partial charge in [0.05, 0.1) is 13.3 Å². The van der Waals surface area contributed by atoms with Crippen LogP contribution in [0.25, 0.3) is 0 Å². The summed E-state index contributed by atoms with van der Waals surface area (Å²) in [6.45, 7) is 1.84. The molecule has 0 fully saturated rings. The van der Waals surface area contributed by atoms with Gasteiger partial charge < -0.3 is 14.8 Å². The number of nitrogens with zero attached hydrogens (tertiary/aromatic N) is 1. The molecule has 27 heavy (non-hydrogen) atoms. The van der Waals surface area contributed by atoms with E-state index in [1.165, 1.54) is 11.8 Å². The lowest BCUT2D eigenvalue weighted by atomic mass is 10.2. The second-order valence-electron chi connectivity index (χ2n) is 6.16. The first-order valence-corrected chi connectivity index (χ1v) is 8.89. The van der Waals surface area contributed by atoms with Gasteiger partial charge in [0.1, 0.15) is 12.4 Å². The van der Waals surface area contributed by atoms with Gasteiger partial charge in [0.2, 0.25) is 0 Å². The van der Waals surface area contributed by atoms with Crippen LogP contribution in [0, 0.1) is 5.82 Å². The first-order valence-electron chi connectivity index (χ1n) is 8.89.